The van der Waals surface area contributed by atoms with Crippen LogP contribution < -0.4 is 5.32 Å². The lowest BCUT2D eigenvalue weighted by atomic mass is 9.88. The quantitative estimate of drug-likeness (QED) is 0.274. The molecule has 2 fully saturated rings. The van der Waals surface area contributed by atoms with Crippen molar-refractivity contribution >= 4 is 34.5 Å². The van der Waals surface area contributed by atoms with E-state index in [2.05, 4.69) is 48.0 Å². The summed E-state index contributed by atoms with van der Waals surface area (Å²) in [6.45, 7) is 14.6. The van der Waals surface area contributed by atoms with E-state index in [1.165, 1.54) is 38.8 Å². The molecular formula is C24H60B2N2P2. The minimum absolute atomic E-state index is 0. The molecule has 1 N–H and O–H groups in total. The fourth-order valence-corrected chi connectivity index (χ4v) is 2.74. The Kier molecular flexibility index (Phi) is 68.7. The van der Waals surface area contributed by atoms with Gasteiger partial charge in [0, 0.05) is 24.9 Å². The molecule has 0 aromatic carbocycles. The summed E-state index contributed by atoms with van der Waals surface area (Å²) in [5.74, 6) is 13.6. The highest BCUT2D eigenvalue weighted by Gasteiger charge is 2.16. The molecule has 2 rings (SSSR count). The second kappa shape index (κ2) is 39.5. The first-order valence-electron chi connectivity index (χ1n) is 9.04. The molecule has 0 aliphatic carbocycles. The number of rotatable bonds is 1. The lowest BCUT2D eigenvalue weighted by molar-refractivity contribution is 0.315. The molecule has 2 heterocycles. The fraction of sp³-hybridized carbons (Fsp3) is 0.833. The average Bonchev–Trinajstić information content (AvgIpc) is 2.58. The zero-order chi connectivity index (χ0) is 17.3. The molecule has 0 aromatic rings. The third-order valence-electron chi connectivity index (χ3n) is 3.81. The number of nitrogens with zero attached hydrogens (tertiary/aromatic N) is 1. The van der Waals surface area contributed by atoms with Crippen LogP contribution in [0.25, 0.3) is 0 Å². The Hall–Kier alpha value is 0.0299. The maximum atomic E-state index is 3.32. The number of hydrogen-bond acceptors (Lipinski definition) is 2. The number of nitrogens with one attached hydrogen (secondary N) is 1. The van der Waals surface area contributed by atoms with E-state index in [4.69, 9.17) is 0 Å². The monoisotopic (exact) mass is 460 g/mol. The van der Waals surface area contributed by atoms with Crippen molar-refractivity contribution < 1.29 is 0 Å². The van der Waals surface area contributed by atoms with Crippen molar-refractivity contribution in [2.45, 2.75) is 97.1 Å². The summed E-state index contributed by atoms with van der Waals surface area (Å²) in [7, 11) is 4.17. The van der Waals surface area contributed by atoms with Crippen molar-refractivity contribution in [3.63, 3.8) is 0 Å². The second-order valence-electron chi connectivity index (χ2n) is 6.00. The Morgan fingerprint density at radius 3 is 1.67 bits per heavy atom. The summed E-state index contributed by atoms with van der Waals surface area (Å²) < 4.78 is 0. The lowest BCUT2D eigenvalue weighted by Crippen LogP contribution is -2.36. The molecule has 182 valence electrons. The van der Waals surface area contributed by atoms with Crippen LogP contribution in [0.1, 0.15) is 76.7 Å². The highest BCUT2D eigenvalue weighted by Crippen LogP contribution is 2.14. The van der Waals surface area contributed by atoms with Gasteiger partial charge in [-0.1, -0.05) is 69.4 Å². The van der Waals surface area contributed by atoms with E-state index in [1.54, 1.807) is 0 Å². The summed E-state index contributed by atoms with van der Waals surface area (Å²) in [6, 6.07) is 0. The summed E-state index contributed by atoms with van der Waals surface area (Å²) >= 11 is 0. The predicted molar refractivity (Wildman–Crippen MR) is 162 cm³/mol. The first-order chi connectivity index (χ1) is 11.2. The van der Waals surface area contributed by atoms with Gasteiger partial charge in [-0.05, 0) is 52.6 Å². The summed E-state index contributed by atoms with van der Waals surface area (Å²) in [6.07, 6.45) is 5.15. The van der Waals surface area contributed by atoms with E-state index < -0.39 is 0 Å². The van der Waals surface area contributed by atoms with Gasteiger partial charge in [-0.25, -0.2) is 0 Å². The van der Waals surface area contributed by atoms with E-state index in [0.29, 0.717) is 11.8 Å². The minimum atomic E-state index is 0. The Morgan fingerprint density at radius 1 is 0.800 bits per heavy atom. The van der Waals surface area contributed by atoms with Gasteiger partial charge in [-0.2, -0.15) is 19.8 Å². The average molecular weight is 460 g/mol. The van der Waals surface area contributed by atoms with Crippen molar-refractivity contribution in [3.05, 3.63) is 0 Å². The predicted octanol–water partition coefficient (Wildman–Crippen LogP) is 6.48. The largest absolute Gasteiger partial charge is 0.346 e. The molecule has 0 amide bonds. The van der Waals surface area contributed by atoms with E-state index in [-0.39, 0.29) is 56.9 Å². The lowest BCUT2D eigenvalue weighted by Gasteiger charge is -2.28. The van der Waals surface area contributed by atoms with E-state index in [0.717, 1.165) is 13.1 Å². The van der Waals surface area contributed by atoms with Gasteiger partial charge in [0.2, 0.25) is 7.41 Å². The standard InChI is InChI=1S/C9H15BN.C8H13N.C2H6B.5CH4.2H3P/c1-3-5-9-6-4-7-11(8-9)10-2;1-2-4-8-5-3-6-9-7-8;1-3-2;;;;;;;/h9H,4,6-8H2,1-2H3;8-9H,3,5-7H2,1H3;1-2H3;5*1H4;2*1H3. The Balaban J connectivity index is -0.0000000397. The van der Waals surface area contributed by atoms with Crippen LogP contribution in [0.4, 0.5) is 0 Å². The topological polar surface area (TPSA) is 15.3 Å². The molecule has 0 spiro atoms. The van der Waals surface area contributed by atoms with Gasteiger partial charge in [0.1, 0.15) is 7.28 Å². The fourth-order valence-electron chi connectivity index (χ4n) is 2.74. The molecular weight excluding hydrogens is 400 g/mol. The van der Waals surface area contributed by atoms with Gasteiger partial charge < -0.3 is 10.1 Å². The molecule has 4 unspecified atom stereocenters. The molecule has 6 heteroatoms. The zero-order valence-electron chi connectivity index (χ0n) is 17.3. The molecule has 2 aliphatic heterocycles. The maximum Gasteiger partial charge on any atom is 0.205 e. The van der Waals surface area contributed by atoms with Gasteiger partial charge in [0.25, 0.3) is 0 Å². The van der Waals surface area contributed by atoms with Gasteiger partial charge >= 0.3 is 0 Å². The normalized spacial score (nSPS) is 17.8. The number of piperidine rings is 2. The first kappa shape index (κ1) is 52.1. The highest BCUT2D eigenvalue weighted by molar-refractivity contribution is 6.92. The minimum Gasteiger partial charge on any atom is -0.346 e. The Labute approximate surface area is 203 Å². The summed E-state index contributed by atoms with van der Waals surface area (Å²) in [5, 5.41) is 3.32. The summed E-state index contributed by atoms with van der Waals surface area (Å²) in [4.78, 5) is 2.36. The van der Waals surface area contributed by atoms with Crippen LogP contribution >= 0.6 is 19.8 Å². The SMILES string of the molecule is C.C.C.C.C.CC#CC1CCCNC1.C[B]C.C[B]N1CCCC(C#CC)C1.P.P. The van der Waals surface area contributed by atoms with E-state index in [9.17, 15) is 0 Å². The van der Waals surface area contributed by atoms with Crippen LogP contribution in [0.2, 0.25) is 20.5 Å². The van der Waals surface area contributed by atoms with Crippen LogP contribution in [-0.2, 0) is 0 Å². The molecule has 0 saturated carbocycles. The van der Waals surface area contributed by atoms with Crippen LogP contribution in [0.15, 0.2) is 0 Å². The Bertz CT molecular complexity index is 395. The molecule has 2 radical (unpaired) electrons. The van der Waals surface area contributed by atoms with Crippen molar-refractivity contribution in [3.8, 4) is 23.7 Å². The first-order valence-corrected chi connectivity index (χ1v) is 9.04. The van der Waals surface area contributed by atoms with Crippen molar-refractivity contribution in [2.24, 2.45) is 11.8 Å². The van der Waals surface area contributed by atoms with Crippen molar-refractivity contribution in [2.75, 3.05) is 26.2 Å². The van der Waals surface area contributed by atoms with Crippen LogP contribution in [0, 0.1) is 35.5 Å². The molecule has 4 atom stereocenters. The highest BCUT2D eigenvalue weighted by atomic mass is 31.0. The molecule has 2 nitrogen and oxygen atoms in total. The van der Waals surface area contributed by atoms with Crippen molar-refractivity contribution in [1.29, 1.82) is 0 Å². The van der Waals surface area contributed by atoms with Gasteiger partial charge in [0.05, 0.1) is 0 Å². The van der Waals surface area contributed by atoms with Gasteiger partial charge in [-0.15, -0.1) is 11.8 Å². The van der Waals surface area contributed by atoms with Crippen LogP contribution in [-0.4, -0.2) is 45.7 Å². The summed E-state index contributed by atoms with van der Waals surface area (Å²) in [5.41, 5.74) is 0. The van der Waals surface area contributed by atoms with E-state index >= 15 is 0 Å². The Morgan fingerprint density at radius 2 is 1.27 bits per heavy atom. The third kappa shape index (κ3) is 30.2. The van der Waals surface area contributed by atoms with Crippen LogP contribution in [0.5, 0.6) is 0 Å². The molecule has 30 heavy (non-hydrogen) atoms. The zero-order valence-corrected chi connectivity index (χ0v) is 20.2. The molecule has 2 saturated heterocycles. The molecule has 2 aliphatic rings. The van der Waals surface area contributed by atoms with Crippen LogP contribution in [0.3, 0.4) is 0 Å². The van der Waals surface area contributed by atoms with Crippen molar-refractivity contribution in [1.82, 2.24) is 10.1 Å². The van der Waals surface area contributed by atoms with Gasteiger partial charge in [0.15, 0.2) is 0 Å². The van der Waals surface area contributed by atoms with E-state index in [1.807, 2.05) is 34.8 Å². The number of hydrogen-bond donors (Lipinski definition) is 1. The maximum absolute atomic E-state index is 3.32. The second-order valence-corrected chi connectivity index (χ2v) is 6.00. The van der Waals surface area contributed by atoms with Gasteiger partial charge in [-0.3, -0.25) is 0 Å². The molecule has 0 aromatic heterocycles. The smallest absolute Gasteiger partial charge is 0.205 e. The molecule has 0 bridgehead atoms. The third-order valence-corrected chi connectivity index (χ3v) is 3.81.